The first-order valence-corrected chi connectivity index (χ1v) is 7.58. The zero-order valence-corrected chi connectivity index (χ0v) is 12.9. The van der Waals surface area contributed by atoms with Gasteiger partial charge in [0.2, 0.25) is 5.91 Å². The Morgan fingerprint density at radius 1 is 1.30 bits per heavy atom. The van der Waals surface area contributed by atoms with Crippen LogP contribution in [0.4, 0.5) is 0 Å². The minimum atomic E-state index is 0.171. The van der Waals surface area contributed by atoms with E-state index in [2.05, 4.69) is 42.2 Å². The van der Waals surface area contributed by atoms with E-state index >= 15 is 0 Å². The van der Waals surface area contributed by atoms with E-state index in [1.807, 2.05) is 11.9 Å². The fourth-order valence-electron chi connectivity index (χ4n) is 2.98. The summed E-state index contributed by atoms with van der Waals surface area (Å²) in [5.41, 5.74) is 1.40. The maximum atomic E-state index is 11.3. The number of benzene rings is 1. The third kappa shape index (κ3) is 3.83. The van der Waals surface area contributed by atoms with Gasteiger partial charge in [0.05, 0.1) is 0 Å². The van der Waals surface area contributed by atoms with Crippen molar-refractivity contribution >= 4 is 5.91 Å². The summed E-state index contributed by atoms with van der Waals surface area (Å²) in [5, 5.41) is 0. The van der Waals surface area contributed by atoms with Gasteiger partial charge in [-0.2, -0.15) is 0 Å². The van der Waals surface area contributed by atoms with Crippen LogP contribution in [0.5, 0.6) is 0 Å². The highest BCUT2D eigenvalue weighted by Gasteiger charge is 2.24. The van der Waals surface area contributed by atoms with Crippen molar-refractivity contribution in [1.82, 2.24) is 9.80 Å². The summed E-state index contributed by atoms with van der Waals surface area (Å²) < 4.78 is 0. The highest BCUT2D eigenvalue weighted by molar-refractivity contribution is 5.72. The number of rotatable bonds is 4. The second-order valence-corrected chi connectivity index (χ2v) is 5.97. The maximum absolute atomic E-state index is 11.3. The van der Waals surface area contributed by atoms with Crippen molar-refractivity contribution in [2.24, 2.45) is 5.92 Å². The Balaban J connectivity index is 1.84. The Morgan fingerprint density at radius 2 is 1.90 bits per heavy atom. The van der Waals surface area contributed by atoms with Gasteiger partial charge in [0.1, 0.15) is 0 Å². The van der Waals surface area contributed by atoms with Crippen LogP contribution in [0.25, 0.3) is 0 Å². The van der Waals surface area contributed by atoms with Crippen LogP contribution in [0.1, 0.15) is 38.3 Å². The van der Waals surface area contributed by atoms with Gasteiger partial charge in [0.25, 0.3) is 0 Å². The Bertz CT molecular complexity index is 424. The van der Waals surface area contributed by atoms with Crippen molar-refractivity contribution in [2.45, 2.75) is 32.7 Å². The molecule has 1 heterocycles. The van der Waals surface area contributed by atoms with Gasteiger partial charge < -0.3 is 4.90 Å². The molecule has 0 spiro atoms. The molecule has 3 heteroatoms. The molecule has 1 aromatic carbocycles. The maximum Gasteiger partial charge on any atom is 0.219 e. The molecular weight excluding hydrogens is 248 g/mol. The molecular formula is C17H26N2O. The van der Waals surface area contributed by atoms with Crippen molar-refractivity contribution < 1.29 is 4.79 Å². The predicted octanol–water partition coefficient (Wildman–Crippen LogP) is 2.94. The van der Waals surface area contributed by atoms with E-state index in [-0.39, 0.29) is 5.91 Å². The molecule has 1 atom stereocenters. The van der Waals surface area contributed by atoms with Crippen molar-refractivity contribution in [3.05, 3.63) is 35.9 Å². The average Bonchev–Trinajstić information content (AvgIpc) is 2.48. The number of likely N-dealkylation sites (tertiary alicyclic amines) is 1. The number of hydrogen-bond donors (Lipinski definition) is 0. The quantitative estimate of drug-likeness (QED) is 0.843. The number of carbonyl (C=O) groups excluding carboxylic acids is 1. The van der Waals surface area contributed by atoms with Crippen LogP contribution in [-0.2, 0) is 4.79 Å². The van der Waals surface area contributed by atoms with Crippen molar-refractivity contribution in [1.29, 1.82) is 0 Å². The third-order valence-electron chi connectivity index (χ3n) is 4.55. The lowest BCUT2D eigenvalue weighted by atomic mass is 9.94. The lowest BCUT2D eigenvalue weighted by Crippen LogP contribution is -2.39. The van der Waals surface area contributed by atoms with Crippen LogP contribution < -0.4 is 0 Å². The second-order valence-electron chi connectivity index (χ2n) is 5.97. The van der Waals surface area contributed by atoms with Gasteiger partial charge in [0, 0.05) is 26.6 Å². The molecule has 20 heavy (non-hydrogen) atoms. The fraction of sp³-hybridized carbons (Fsp3) is 0.588. The second kappa shape index (κ2) is 6.89. The molecule has 1 saturated heterocycles. The molecule has 1 aliphatic rings. The molecule has 1 unspecified atom stereocenters. The summed E-state index contributed by atoms with van der Waals surface area (Å²) in [6.07, 6.45) is 2.38. The zero-order chi connectivity index (χ0) is 14.5. The first-order chi connectivity index (χ1) is 9.58. The average molecular weight is 274 g/mol. The van der Waals surface area contributed by atoms with E-state index in [1.54, 1.807) is 6.92 Å². The van der Waals surface area contributed by atoms with E-state index in [0.29, 0.717) is 12.0 Å². The predicted molar refractivity (Wildman–Crippen MR) is 82.5 cm³/mol. The molecule has 1 aromatic rings. The summed E-state index contributed by atoms with van der Waals surface area (Å²) >= 11 is 0. The monoisotopic (exact) mass is 274 g/mol. The van der Waals surface area contributed by atoms with E-state index in [0.717, 1.165) is 19.6 Å². The van der Waals surface area contributed by atoms with Gasteiger partial charge in [0.15, 0.2) is 0 Å². The molecule has 0 bridgehead atoms. The third-order valence-corrected chi connectivity index (χ3v) is 4.55. The van der Waals surface area contributed by atoms with Gasteiger partial charge in [-0.1, -0.05) is 30.3 Å². The summed E-state index contributed by atoms with van der Waals surface area (Å²) in [6, 6.07) is 11.2. The van der Waals surface area contributed by atoms with E-state index in [1.165, 1.54) is 18.4 Å². The van der Waals surface area contributed by atoms with Gasteiger partial charge >= 0.3 is 0 Å². The van der Waals surface area contributed by atoms with E-state index in [9.17, 15) is 4.79 Å². The SMILES string of the molecule is CC(=O)N(C)CC1CCN(C(C)c2ccccc2)CC1. The van der Waals surface area contributed by atoms with Crippen molar-refractivity contribution in [2.75, 3.05) is 26.7 Å². The van der Waals surface area contributed by atoms with E-state index < -0.39 is 0 Å². The Labute approximate surface area is 122 Å². The molecule has 0 saturated carbocycles. The fourth-order valence-corrected chi connectivity index (χ4v) is 2.98. The smallest absolute Gasteiger partial charge is 0.219 e. The highest BCUT2D eigenvalue weighted by atomic mass is 16.2. The molecule has 0 N–H and O–H groups in total. The van der Waals surface area contributed by atoms with Gasteiger partial charge in [-0.3, -0.25) is 9.69 Å². The number of carbonyl (C=O) groups is 1. The molecule has 110 valence electrons. The summed E-state index contributed by atoms with van der Waals surface area (Å²) in [6.45, 7) is 7.10. The summed E-state index contributed by atoms with van der Waals surface area (Å²) in [5.74, 6) is 0.827. The lowest BCUT2D eigenvalue weighted by Gasteiger charge is -2.37. The van der Waals surface area contributed by atoms with Crippen molar-refractivity contribution in [3.63, 3.8) is 0 Å². The lowest BCUT2D eigenvalue weighted by molar-refractivity contribution is -0.128. The number of piperidine rings is 1. The first kappa shape index (κ1) is 15.0. The normalized spacial score (nSPS) is 18.8. The molecule has 1 fully saturated rings. The van der Waals surface area contributed by atoms with Crippen LogP contribution in [-0.4, -0.2) is 42.4 Å². The number of amides is 1. The Hall–Kier alpha value is -1.35. The zero-order valence-electron chi connectivity index (χ0n) is 12.9. The summed E-state index contributed by atoms with van der Waals surface area (Å²) in [7, 11) is 1.90. The molecule has 0 aromatic heterocycles. The van der Waals surface area contributed by atoms with Crippen LogP contribution in [0.3, 0.4) is 0 Å². The molecule has 2 rings (SSSR count). The molecule has 0 radical (unpaired) electrons. The van der Waals surface area contributed by atoms with Crippen LogP contribution in [0, 0.1) is 5.92 Å². The first-order valence-electron chi connectivity index (χ1n) is 7.58. The molecule has 1 amide bonds. The Kier molecular flexibility index (Phi) is 5.18. The molecule has 1 aliphatic heterocycles. The van der Waals surface area contributed by atoms with E-state index in [4.69, 9.17) is 0 Å². The topological polar surface area (TPSA) is 23.6 Å². The van der Waals surface area contributed by atoms with Gasteiger partial charge in [-0.05, 0) is 44.3 Å². The minimum absolute atomic E-state index is 0.171. The molecule has 3 nitrogen and oxygen atoms in total. The molecule has 0 aliphatic carbocycles. The van der Waals surface area contributed by atoms with Crippen LogP contribution >= 0.6 is 0 Å². The minimum Gasteiger partial charge on any atom is -0.346 e. The number of hydrogen-bond acceptors (Lipinski definition) is 2. The van der Waals surface area contributed by atoms with Gasteiger partial charge in [-0.25, -0.2) is 0 Å². The van der Waals surface area contributed by atoms with Gasteiger partial charge in [-0.15, -0.1) is 0 Å². The highest BCUT2D eigenvalue weighted by Crippen LogP contribution is 2.26. The standard InChI is InChI=1S/C17H26N2O/c1-14(17-7-5-4-6-8-17)19-11-9-16(10-12-19)13-18(3)15(2)20/h4-8,14,16H,9-13H2,1-3H3. The van der Waals surface area contributed by atoms with Crippen LogP contribution in [0.2, 0.25) is 0 Å². The number of nitrogens with zero attached hydrogens (tertiary/aromatic N) is 2. The van der Waals surface area contributed by atoms with Crippen LogP contribution in [0.15, 0.2) is 30.3 Å². The van der Waals surface area contributed by atoms with Crippen molar-refractivity contribution in [3.8, 4) is 0 Å². The largest absolute Gasteiger partial charge is 0.346 e. The Morgan fingerprint density at radius 3 is 2.45 bits per heavy atom. The summed E-state index contributed by atoms with van der Waals surface area (Å²) in [4.78, 5) is 15.7.